The summed E-state index contributed by atoms with van der Waals surface area (Å²) in [5.41, 5.74) is 2.76. The lowest BCUT2D eigenvalue weighted by atomic mass is 10.0. The number of nitrogens with zero attached hydrogens (tertiary/aromatic N) is 2. The molecular formula is C12H8N2OS. The summed E-state index contributed by atoms with van der Waals surface area (Å²) in [5, 5.41) is 0. The molecule has 2 aromatic rings. The summed E-state index contributed by atoms with van der Waals surface area (Å²) in [5.74, 6) is 0.0668. The molecule has 0 saturated heterocycles. The average Bonchev–Trinajstić information content (AvgIpc) is 2.75. The SMILES string of the molecule is O=C1CN=Cc2c(-c3ccccc3)nsc21. The molecule has 4 heteroatoms. The van der Waals surface area contributed by atoms with Gasteiger partial charge in [-0.2, -0.15) is 4.37 Å². The molecule has 0 unspecified atom stereocenters. The number of carbonyl (C=O) groups is 1. The predicted octanol–water partition coefficient (Wildman–Crippen LogP) is 2.43. The lowest BCUT2D eigenvalue weighted by Gasteiger charge is -2.03. The molecule has 3 nitrogen and oxygen atoms in total. The Labute approximate surface area is 96.6 Å². The highest BCUT2D eigenvalue weighted by atomic mass is 32.1. The molecule has 0 radical (unpaired) electrons. The number of benzene rings is 1. The number of hydrogen-bond donors (Lipinski definition) is 0. The van der Waals surface area contributed by atoms with E-state index in [1.54, 1.807) is 6.21 Å². The standard InChI is InChI=1S/C12H8N2OS/c15-10-7-13-6-9-11(14-16-12(9)10)8-4-2-1-3-5-8/h1-6H,7H2. The Kier molecular flexibility index (Phi) is 2.15. The molecule has 0 N–H and O–H groups in total. The highest BCUT2D eigenvalue weighted by Crippen LogP contribution is 2.28. The van der Waals surface area contributed by atoms with Crippen LogP contribution >= 0.6 is 11.5 Å². The van der Waals surface area contributed by atoms with Crippen LogP contribution in [0, 0.1) is 0 Å². The Hall–Kier alpha value is -1.81. The third-order valence-electron chi connectivity index (χ3n) is 2.48. The first-order valence-electron chi connectivity index (χ1n) is 4.94. The lowest BCUT2D eigenvalue weighted by Crippen LogP contribution is -2.09. The van der Waals surface area contributed by atoms with Crippen LogP contribution in [0.15, 0.2) is 35.3 Å². The van der Waals surface area contributed by atoms with Crippen LogP contribution in [-0.4, -0.2) is 22.9 Å². The van der Waals surface area contributed by atoms with Gasteiger partial charge in [0.25, 0.3) is 0 Å². The van der Waals surface area contributed by atoms with E-state index >= 15 is 0 Å². The molecule has 1 aromatic heterocycles. The first-order valence-corrected chi connectivity index (χ1v) is 5.72. The molecule has 1 aliphatic rings. The number of aliphatic imine (C=N–C) groups is 1. The summed E-state index contributed by atoms with van der Waals surface area (Å²) in [6.07, 6.45) is 1.75. The van der Waals surface area contributed by atoms with E-state index in [1.807, 2.05) is 30.3 Å². The highest BCUT2D eigenvalue weighted by molar-refractivity contribution is 7.09. The third-order valence-corrected chi connectivity index (χ3v) is 3.39. The first-order chi connectivity index (χ1) is 7.86. The number of Topliss-reactive ketones (excluding diaryl/α,β-unsaturated/α-hetero) is 1. The maximum absolute atomic E-state index is 11.6. The molecule has 0 saturated carbocycles. The Bertz CT molecular complexity index is 572. The quantitative estimate of drug-likeness (QED) is 0.752. The van der Waals surface area contributed by atoms with Gasteiger partial charge in [0.15, 0.2) is 5.78 Å². The fraction of sp³-hybridized carbons (Fsp3) is 0.0833. The van der Waals surface area contributed by atoms with Gasteiger partial charge in [0.05, 0.1) is 5.69 Å². The summed E-state index contributed by atoms with van der Waals surface area (Å²) in [6.45, 7) is 0.253. The highest BCUT2D eigenvalue weighted by Gasteiger charge is 2.21. The van der Waals surface area contributed by atoms with E-state index < -0.39 is 0 Å². The van der Waals surface area contributed by atoms with Crippen LogP contribution in [0.4, 0.5) is 0 Å². The molecule has 16 heavy (non-hydrogen) atoms. The lowest BCUT2D eigenvalue weighted by molar-refractivity contribution is 0.100. The number of carbonyl (C=O) groups excluding carboxylic acids is 1. The van der Waals surface area contributed by atoms with Crippen LogP contribution in [-0.2, 0) is 0 Å². The van der Waals surface area contributed by atoms with Crippen molar-refractivity contribution in [2.75, 3.05) is 6.54 Å². The molecule has 0 amide bonds. The molecule has 0 bridgehead atoms. The first kappa shape index (κ1) is 9.42. The van der Waals surface area contributed by atoms with Gasteiger partial charge in [0, 0.05) is 17.3 Å². The number of fused-ring (bicyclic) bond motifs is 1. The van der Waals surface area contributed by atoms with Crippen LogP contribution in [0.25, 0.3) is 11.3 Å². The second-order valence-electron chi connectivity index (χ2n) is 3.53. The summed E-state index contributed by atoms with van der Waals surface area (Å²) in [4.78, 5) is 16.4. The molecule has 2 heterocycles. The molecule has 1 aromatic carbocycles. The van der Waals surface area contributed by atoms with Crippen LogP contribution in [0.3, 0.4) is 0 Å². The van der Waals surface area contributed by atoms with E-state index in [-0.39, 0.29) is 12.3 Å². The number of rotatable bonds is 1. The summed E-state index contributed by atoms with van der Waals surface area (Å²) >= 11 is 1.26. The van der Waals surface area contributed by atoms with Gasteiger partial charge in [-0.3, -0.25) is 9.79 Å². The molecule has 3 rings (SSSR count). The van der Waals surface area contributed by atoms with Crippen molar-refractivity contribution in [1.29, 1.82) is 0 Å². The smallest absolute Gasteiger partial charge is 0.196 e. The second kappa shape index (κ2) is 3.64. The van der Waals surface area contributed by atoms with Gasteiger partial charge in [-0.1, -0.05) is 30.3 Å². The number of hydrogen-bond acceptors (Lipinski definition) is 4. The molecule has 0 aliphatic carbocycles. The summed E-state index contributed by atoms with van der Waals surface area (Å²) < 4.78 is 4.35. The Balaban J connectivity index is 2.19. The van der Waals surface area contributed by atoms with Gasteiger partial charge in [0.1, 0.15) is 11.4 Å². The van der Waals surface area contributed by atoms with Gasteiger partial charge in [-0.25, -0.2) is 0 Å². The van der Waals surface area contributed by atoms with Crippen molar-refractivity contribution in [1.82, 2.24) is 4.37 Å². The van der Waals surface area contributed by atoms with Crippen LogP contribution in [0.2, 0.25) is 0 Å². The summed E-state index contributed by atoms with van der Waals surface area (Å²) in [6, 6.07) is 9.86. The zero-order valence-corrected chi connectivity index (χ0v) is 9.20. The van der Waals surface area contributed by atoms with Gasteiger partial charge in [0.2, 0.25) is 0 Å². The van der Waals surface area contributed by atoms with E-state index in [4.69, 9.17) is 0 Å². The fourth-order valence-corrected chi connectivity index (χ4v) is 2.51. The van der Waals surface area contributed by atoms with Crippen molar-refractivity contribution in [3.8, 4) is 11.3 Å². The minimum atomic E-state index is 0.0668. The molecule has 0 atom stereocenters. The molecular weight excluding hydrogens is 220 g/mol. The monoisotopic (exact) mass is 228 g/mol. The van der Waals surface area contributed by atoms with Gasteiger partial charge >= 0.3 is 0 Å². The van der Waals surface area contributed by atoms with E-state index in [1.165, 1.54) is 11.5 Å². The van der Waals surface area contributed by atoms with E-state index in [2.05, 4.69) is 9.37 Å². The minimum Gasteiger partial charge on any atom is -0.291 e. The van der Waals surface area contributed by atoms with Gasteiger partial charge in [-0.15, -0.1) is 0 Å². The van der Waals surface area contributed by atoms with Gasteiger partial charge < -0.3 is 0 Å². The maximum atomic E-state index is 11.6. The largest absolute Gasteiger partial charge is 0.291 e. The van der Waals surface area contributed by atoms with E-state index in [0.29, 0.717) is 0 Å². The zero-order chi connectivity index (χ0) is 11.0. The third kappa shape index (κ3) is 1.39. The van der Waals surface area contributed by atoms with Crippen LogP contribution < -0.4 is 0 Å². The molecule has 0 fully saturated rings. The second-order valence-corrected chi connectivity index (χ2v) is 4.31. The van der Waals surface area contributed by atoms with Crippen molar-refractivity contribution in [3.05, 3.63) is 40.8 Å². The van der Waals surface area contributed by atoms with E-state index in [9.17, 15) is 4.79 Å². The van der Waals surface area contributed by atoms with Crippen molar-refractivity contribution >= 4 is 23.5 Å². The predicted molar refractivity (Wildman–Crippen MR) is 64.3 cm³/mol. The van der Waals surface area contributed by atoms with Crippen molar-refractivity contribution in [2.45, 2.75) is 0 Å². The van der Waals surface area contributed by atoms with Crippen LogP contribution in [0.1, 0.15) is 15.2 Å². The topological polar surface area (TPSA) is 42.3 Å². The normalized spacial score (nSPS) is 13.9. The minimum absolute atomic E-state index is 0.0668. The Morgan fingerprint density at radius 1 is 1.19 bits per heavy atom. The van der Waals surface area contributed by atoms with E-state index in [0.717, 1.165) is 21.7 Å². The zero-order valence-electron chi connectivity index (χ0n) is 8.38. The Morgan fingerprint density at radius 3 is 2.81 bits per heavy atom. The number of aromatic nitrogens is 1. The van der Waals surface area contributed by atoms with Crippen molar-refractivity contribution in [3.63, 3.8) is 0 Å². The Morgan fingerprint density at radius 2 is 2.00 bits per heavy atom. The van der Waals surface area contributed by atoms with Gasteiger partial charge in [-0.05, 0) is 11.5 Å². The molecule has 0 spiro atoms. The molecule has 78 valence electrons. The fourth-order valence-electron chi connectivity index (χ4n) is 1.71. The molecule has 1 aliphatic heterocycles. The summed E-state index contributed by atoms with van der Waals surface area (Å²) in [7, 11) is 0. The van der Waals surface area contributed by atoms with Crippen molar-refractivity contribution in [2.24, 2.45) is 4.99 Å². The maximum Gasteiger partial charge on any atom is 0.196 e. The van der Waals surface area contributed by atoms with Crippen molar-refractivity contribution < 1.29 is 4.79 Å². The number of ketones is 1. The van der Waals surface area contributed by atoms with Crippen LogP contribution in [0.5, 0.6) is 0 Å². The average molecular weight is 228 g/mol.